The molecule has 0 radical (unpaired) electrons. The summed E-state index contributed by atoms with van der Waals surface area (Å²) in [6.45, 7) is 0. The molecule has 5 heteroatoms. The van der Waals surface area contributed by atoms with Crippen LogP contribution in [0.4, 0.5) is 0 Å². The minimum Gasteiger partial charge on any atom is -0.481 e. The van der Waals surface area contributed by atoms with Gasteiger partial charge in [0, 0.05) is 5.88 Å². The number of carboxylic acid groups (broad SMARTS) is 2. The number of carbonyl (C=O) groups is 2. The number of hydrogen-bond acceptors (Lipinski definition) is 2. The first-order valence-corrected chi connectivity index (χ1v) is 5.57. The first-order valence-electron chi connectivity index (χ1n) is 5.04. The van der Waals surface area contributed by atoms with Crippen molar-refractivity contribution in [2.75, 3.05) is 5.88 Å². The van der Waals surface area contributed by atoms with Gasteiger partial charge in [0.15, 0.2) is 0 Å². The lowest BCUT2D eigenvalue weighted by molar-refractivity contribution is -0.155. The topological polar surface area (TPSA) is 74.6 Å². The maximum Gasteiger partial charge on any atom is 0.309 e. The number of carboxylic acids is 2. The molecule has 0 spiro atoms. The smallest absolute Gasteiger partial charge is 0.309 e. The largest absolute Gasteiger partial charge is 0.481 e. The van der Waals surface area contributed by atoms with Crippen LogP contribution >= 0.6 is 11.6 Å². The molecular formula is C10H15ClO4. The minimum atomic E-state index is -0.841. The second kappa shape index (κ2) is 4.84. The Morgan fingerprint density at radius 1 is 1.27 bits per heavy atom. The van der Waals surface area contributed by atoms with Crippen LogP contribution < -0.4 is 0 Å². The summed E-state index contributed by atoms with van der Waals surface area (Å²) in [5.74, 6) is -1.73. The van der Waals surface area contributed by atoms with Gasteiger partial charge in [0.25, 0.3) is 0 Å². The Kier molecular flexibility index (Phi) is 3.97. The predicted molar refractivity (Wildman–Crippen MR) is 55.0 cm³/mol. The van der Waals surface area contributed by atoms with Crippen LogP contribution in [0.3, 0.4) is 0 Å². The Morgan fingerprint density at radius 2 is 1.80 bits per heavy atom. The maximum absolute atomic E-state index is 11.1. The van der Waals surface area contributed by atoms with E-state index >= 15 is 0 Å². The molecule has 2 N–H and O–H groups in total. The molecule has 0 aliphatic heterocycles. The highest BCUT2D eigenvalue weighted by Crippen LogP contribution is 2.42. The van der Waals surface area contributed by atoms with Gasteiger partial charge in [-0.25, -0.2) is 0 Å². The molecule has 0 amide bonds. The molecule has 0 heterocycles. The zero-order chi connectivity index (χ0) is 11.5. The third kappa shape index (κ3) is 2.62. The molecule has 0 aromatic heterocycles. The van der Waals surface area contributed by atoms with Crippen LogP contribution in [-0.2, 0) is 9.59 Å². The zero-order valence-electron chi connectivity index (χ0n) is 8.41. The molecule has 86 valence electrons. The molecule has 0 atom stereocenters. The molecule has 4 nitrogen and oxygen atoms in total. The number of aliphatic carboxylic acids is 2. The van der Waals surface area contributed by atoms with Gasteiger partial charge in [0.1, 0.15) is 0 Å². The van der Waals surface area contributed by atoms with Gasteiger partial charge in [-0.1, -0.05) is 0 Å². The lowest BCUT2D eigenvalue weighted by Crippen LogP contribution is -2.37. The second-order valence-corrected chi connectivity index (χ2v) is 4.51. The normalized spacial score (nSPS) is 31.1. The van der Waals surface area contributed by atoms with Crippen molar-refractivity contribution >= 4 is 23.5 Å². The fraction of sp³-hybridized carbons (Fsp3) is 0.800. The summed E-state index contributed by atoms with van der Waals surface area (Å²) in [4.78, 5) is 21.9. The summed E-state index contributed by atoms with van der Waals surface area (Å²) in [6.07, 6.45) is 2.16. The van der Waals surface area contributed by atoms with Gasteiger partial charge in [-0.15, -0.1) is 11.6 Å². The van der Waals surface area contributed by atoms with Gasteiger partial charge in [0.2, 0.25) is 0 Å². The van der Waals surface area contributed by atoms with E-state index in [1.54, 1.807) is 0 Å². The van der Waals surface area contributed by atoms with E-state index in [2.05, 4.69) is 0 Å². The summed E-state index contributed by atoms with van der Waals surface area (Å²) in [7, 11) is 0. The average Bonchev–Trinajstić information content (AvgIpc) is 2.18. The summed E-state index contributed by atoms with van der Waals surface area (Å²) < 4.78 is 0. The molecule has 1 rings (SSSR count). The quantitative estimate of drug-likeness (QED) is 0.730. The van der Waals surface area contributed by atoms with Crippen molar-refractivity contribution in [2.45, 2.75) is 32.1 Å². The van der Waals surface area contributed by atoms with Crippen molar-refractivity contribution in [3.05, 3.63) is 0 Å². The number of hydrogen-bond donors (Lipinski definition) is 2. The lowest BCUT2D eigenvalue weighted by atomic mass is 9.69. The Bertz CT molecular complexity index is 256. The van der Waals surface area contributed by atoms with E-state index in [1.165, 1.54) is 0 Å². The molecule has 0 aromatic rings. The van der Waals surface area contributed by atoms with E-state index in [9.17, 15) is 9.59 Å². The minimum absolute atomic E-state index is 0.310. The fourth-order valence-electron chi connectivity index (χ4n) is 2.17. The number of halogens is 1. The van der Waals surface area contributed by atoms with Crippen molar-refractivity contribution in [3.63, 3.8) is 0 Å². The Hall–Kier alpha value is -0.770. The van der Waals surface area contributed by atoms with Crippen molar-refractivity contribution < 1.29 is 19.8 Å². The van der Waals surface area contributed by atoms with Gasteiger partial charge >= 0.3 is 11.9 Å². The van der Waals surface area contributed by atoms with Crippen LogP contribution in [-0.4, -0.2) is 28.0 Å². The molecule has 0 bridgehead atoms. The van der Waals surface area contributed by atoms with Gasteiger partial charge < -0.3 is 10.2 Å². The van der Waals surface area contributed by atoms with Crippen molar-refractivity contribution in [3.8, 4) is 0 Å². The van der Waals surface area contributed by atoms with Crippen molar-refractivity contribution in [1.29, 1.82) is 0 Å². The van der Waals surface area contributed by atoms with Crippen LogP contribution in [0.2, 0.25) is 0 Å². The number of alkyl halides is 1. The molecule has 0 aromatic carbocycles. The molecular weight excluding hydrogens is 220 g/mol. The van der Waals surface area contributed by atoms with E-state index < -0.39 is 17.4 Å². The zero-order valence-corrected chi connectivity index (χ0v) is 9.16. The molecule has 0 saturated heterocycles. The highest BCUT2D eigenvalue weighted by molar-refractivity contribution is 6.18. The number of rotatable bonds is 4. The molecule has 1 fully saturated rings. The summed E-state index contributed by atoms with van der Waals surface area (Å²) in [5.41, 5.74) is -0.784. The van der Waals surface area contributed by atoms with E-state index in [1.807, 2.05) is 0 Å². The van der Waals surface area contributed by atoms with Crippen LogP contribution in [0.15, 0.2) is 0 Å². The van der Waals surface area contributed by atoms with Crippen LogP contribution in [0.25, 0.3) is 0 Å². The first-order chi connectivity index (χ1) is 7.02. The summed E-state index contributed by atoms with van der Waals surface area (Å²) in [5, 5.41) is 17.9. The van der Waals surface area contributed by atoms with Crippen molar-refractivity contribution in [1.82, 2.24) is 0 Å². The standard InChI is InChI=1S/C10H15ClO4/c11-6-5-10(9(14)15)3-1-7(2-4-10)8(12)13/h7H,1-6H2,(H,12,13)(H,14,15). The molecule has 1 saturated carbocycles. The van der Waals surface area contributed by atoms with E-state index in [-0.39, 0.29) is 5.92 Å². The molecule has 1 aliphatic carbocycles. The first kappa shape index (κ1) is 12.3. The molecule has 15 heavy (non-hydrogen) atoms. The Labute approximate surface area is 93.2 Å². The van der Waals surface area contributed by atoms with Gasteiger partial charge in [0.05, 0.1) is 11.3 Å². The Balaban J connectivity index is 2.65. The summed E-state index contributed by atoms with van der Waals surface area (Å²) >= 11 is 5.59. The van der Waals surface area contributed by atoms with Crippen LogP contribution in [0.1, 0.15) is 32.1 Å². The SMILES string of the molecule is O=C(O)C1CCC(CCCl)(C(=O)O)CC1. The second-order valence-electron chi connectivity index (χ2n) is 4.14. The lowest BCUT2D eigenvalue weighted by Gasteiger charge is -2.35. The van der Waals surface area contributed by atoms with Crippen molar-refractivity contribution in [2.24, 2.45) is 11.3 Å². The van der Waals surface area contributed by atoms with Gasteiger partial charge in [-0.05, 0) is 32.1 Å². The highest BCUT2D eigenvalue weighted by Gasteiger charge is 2.42. The van der Waals surface area contributed by atoms with E-state index in [0.717, 1.165) is 0 Å². The maximum atomic E-state index is 11.1. The molecule has 1 aliphatic rings. The van der Waals surface area contributed by atoms with E-state index in [0.29, 0.717) is 38.0 Å². The Morgan fingerprint density at radius 3 is 2.13 bits per heavy atom. The third-order valence-corrected chi connectivity index (χ3v) is 3.51. The monoisotopic (exact) mass is 234 g/mol. The van der Waals surface area contributed by atoms with E-state index in [4.69, 9.17) is 21.8 Å². The highest BCUT2D eigenvalue weighted by atomic mass is 35.5. The predicted octanol–water partition coefficient (Wildman–Crippen LogP) is 1.96. The fourth-order valence-corrected chi connectivity index (χ4v) is 2.53. The van der Waals surface area contributed by atoms with Gasteiger partial charge in [-0.3, -0.25) is 9.59 Å². The van der Waals surface area contributed by atoms with Crippen LogP contribution in [0.5, 0.6) is 0 Å². The average molecular weight is 235 g/mol. The summed E-state index contributed by atoms with van der Waals surface area (Å²) in [6, 6.07) is 0. The van der Waals surface area contributed by atoms with Gasteiger partial charge in [-0.2, -0.15) is 0 Å². The molecule has 0 unspecified atom stereocenters. The third-order valence-electron chi connectivity index (χ3n) is 3.32. The van der Waals surface area contributed by atoms with Crippen LogP contribution in [0, 0.1) is 11.3 Å².